The first-order valence-electron chi connectivity index (χ1n) is 9.36. The van der Waals surface area contributed by atoms with Crippen molar-refractivity contribution in [3.05, 3.63) is 51.7 Å². The molecule has 3 heterocycles. The molecule has 0 saturated carbocycles. The highest BCUT2D eigenvalue weighted by atomic mass is 35.5. The van der Waals surface area contributed by atoms with Crippen LogP contribution in [0.3, 0.4) is 0 Å². The van der Waals surface area contributed by atoms with Crippen LogP contribution in [0.2, 0.25) is 5.02 Å². The van der Waals surface area contributed by atoms with Crippen molar-refractivity contribution in [1.82, 2.24) is 14.4 Å². The van der Waals surface area contributed by atoms with Gasteiger partial charge in [0.15, 0.2) is 5.76 Å². The molecule has 1 saturated heterocycles. The molecule has 30 heavy (non-hydrogen) atoms. The maximum Gasteiger partial charge on any atom is 0.248 e. The summed E-state index contributed by atoms with van der Waals surface area (Å²) in [7, 11) is -3.70. The fraction of sp³-hybridized carbons (Fsp3) is 0.300. The Morgan fingerprint density at radius 3 is 2.53 bits per heavy atom. The average molecular weight is 466 g/mol. The minimum atomic E-state index is -3.70. The summed E-state index contributed by atoms with van der Waals surface area (Å²) >= 11 is 7.94. The Morgan fingerprint density at radius 1 is 1.20 bits per heavy atom. The summed E-state index contributed by atoms with van der Waals surface area (Å²) in [4.78, 5) is 15.2. The third-order valence-electron chi connectivity index (χ3n) is 5.05. The van der Waals surface area contributed by atoms with Crippen LogP contribution < -0.4 is 0 Å². The highest BCUT2D eigenvalue weighted by molar-refractivity contribution is 7.89. The number of carbonyl (C=O) groups excluding carboxylic acids is 1. The SMILES string of the molecule is Cc1noc(C)c1S(=O)(=O)N1CCN(C(=O)/C=C/c2sc3ccccc3c2Cl)CC1. The maximum atomic E-state index is 12.9. The summed E-state index contributed by atoms with van der Waals surface area (Å²) < 4.78 is 33.2. The number of fused-ring (bicyclic) bond motifs is 1. The van der Waals surface area contributed by atoms with E-state index < -0.39 is 10.0 Å². The largest absolute Gasteiger partial charge is 0.360 e. The van der Waals surface area contributed by atoms with Crippen LogP contribution in [0.1, 0.15) is 16.3 Å². The van der Waals surface area contributed by atoms with Gasteiger partial charge in [-0.15, -0.1) is 11.3 Å². The van der Waals surface area contributed by atoms with Crippen molar-refractivity contribution in [3.63, 3.8) is 0 Å². The Hall–Kier alpha value is -2.20. The molecule has 0 bridgehead atoms. The lowest BCUT2D eigenvalue weighted by molar-refractivity contribution is -0.127. The van der Waals surface area contributed by atoms with Crippen LogP contribution in [0.4, 0.5) is 0 Å². The third-order valence-corrected chi connectivity index (χ3v) is 8.85. The summed E-state index contributed by atoms with van der Waals surface area (Å²) in [5, 5.41) is 5.33. The van der Waals surface area contributed by atoms with Crippen LogP contribution in [0.25, 0.3) is 16.2 Å². The maximum absolute atomic E-state index is 12.9. The standard InChI is InChI=1S/C20H20ClN3O4S2/c1-13-20(14(2)28-22-13)30(26,27)24-11-9-23(10-12-24)18(25)8-7-17-19(21)15-5-3-4-6-16(15)29-17/h3-8H,9-12H2,1-2H3/b8-7+. The fourth-order valence-electron chi connectivity index (χ4n) is 3.51. The van der Waals surface area contributed by atoms with Crippen LogP contribution in [0, 0.1) is 13.8 Å². The number of aromatic nitrogens is 1. The molecule has 0 aliphatic carbocycles. The Balaban J connectivity index is 1.43. The van der Waals surface area contributed by atoms with Crippen LogP contribution in [-0.2, 0) is 14.8 Å². The lowest BCUT2D eigenvalue weighted by atomic mass is 10.2. The second kappa shape index (κ2) is 8.14. The van der Waals surface area contributed by atoms with Crippen LogP contribution in [0.5, 0.6) is 0 Å². The van der Waals surface area contributed by atoms with E-state index in [2.05, 4.69) is 5.16 Å². The van der Waals surface area contributed by atoms with Crippen molar-refractivity contribution in [2.75, 3.05) is 26.2 Å². The van der Waals surface area contributed by atoms with Crippen molar-refractivity contribution < 1.29 is 17.7 Å². The normalized spacial score (nSPS) is 16.0. The molecule has 1 aliphatic rings. The first-order valence-corrected chi connectivity index (χ1v) is 12.0. The number of aryl methyl sites for hydroxylation is 2. The van der Waals surface area contributed by atoms with Crippen molar-refractivity contribution in [2.24, 2.45) is 0 Å². The topological polar surface area (TPSA) is 83.7 Å². The highest BCUT2D eigenvalue weighted by Crippen LogP contribution is 2.36. The van der Waals surface area contributed by atoms with Gasteiger partial charge in [-0.05, 0) is 26.0 Å². The molecule has 4 rings (SSSR count). The predicted octanol–water partition coefficient (Wildman–Crippen LogP) is 3.71. The number of hydrogen-bond acceptors (Lipinski definition) is 6. The molecule has 1 aliphatic heterocycles. The number of hydrogen-bond donors (Lipinski definition) is 0. The molecule has 10 heteroatoms. The average Bonchev–Trinajstić information content (AvgIpc) is 3.25. The third kappa shape index (κ3) is 3.78. The van der Waals surface area contributed by atoms with Gasteiger partial charge < -0.3 is 9.42 Å². The van der Waals surface area contributed by atoms with Crippen LogP contribution >= 0.6 is 22.9 Å². The van der Waals surface area contributed by atoms with Gasteiger partial charge in [0.2, 0.25) is 15.9 Å². The zero-order chi connectivity index (χ0) is 21.5. The first-order chi connectivity index (χ1) is 14.3. The molecule has 1 amide bonds. The predicted molar refractivity (Wildman–Crippen MR) is 117 cm³/mol. The summed E-state index contributed by atoms with van der Waals surface area (Å²) in [6.07, 6.45) is 3.22. The monoisotopic (exact) mass is 465 g/mol. The molecule has 0 spiro atoms. The minimum Gasteiger partial charge on any atom is -0.360 e. The molecular formula is C20H20ClN3O4S2. The van der Waals surface area contributed by atoms with E-state index in [1.54, 1.807) is 24.8 Å². The second-order valence-corrected chi connectivity index (χ2v) is 10.3. The lowest BCUT2D eigenvalue weighted by Crippen LogP contribution is -2.50. The van der Waals surface area contributed by atoms with E-state index in [-0.39, 0.29) is 29.7 Å². The highest BCUT2D eigenvalue weighted by Gasteiger charge is 2.33. The molecule has 158 valence electrons. The number of sulfonamides is 1. The van der Waals surface area contributed by atoms with Gasteiger partial charge in [0.25, 0.3) is 0 Å². The van der Waals surface area contributed by atoms with Gasteiger partial charge in [-0.1, -0.05) is 35.0 Å². The molecule has 3 aromatic rings. The van der Waals surface area contributed by atoms with Crippen molar-refractivity contribution in [2.45, 2.75) is 18.7 Å². The van der Waals surface area contributed by atoms with E-state index in [0.717, 1.165) is 15.0 Å². The molecular weight excluding hydrogens is 446 g/mol. The smallest absolute Gasteiger partial charge is 0.248 e. The summed E-state index contributed by atoms with van der Waals surface area (Å²) in [5.74, 6) is 0.104. The Labute approximate surface area is 183 Å². The van der Waals surface area contributed by atoms with Gasteiger partial charge in [-0.25, -0.2) is 8.42 Å². The molecule has 0 unspecified atom stereocenters. The summed E-state index contributed by atoms with van der Waals surface area (Å²) in [6, 6.07) is 7.81. The lowest BCUT2D eigenvalue weighted by Gasteiger charge is -2.33. The van der Waals surface area contributed by atoms with Crippen LogP contribution in [-0.4, -0.2) is 54.9 Å². The van der Waals surface area contributed by atoms with Crippen LogP contribution in [0.15, 0.2) is 39.8 Å². The molecule has 7 nitrogen and oxygen atoms in total. The zero-order valence-corrected chi connectivity index (χ0v) is 18.9. The number of rotatable bonds is 4. The number of benzene rings is 1. The van der Waals surface area contributed by atoms with Crippen molar-refractivity contribution in [3.8, 4) is 0 Å². The van der Waals surface area contributed by atoms with E-state index in [9.17, 15) is 13.2 Å². The van der Waals surface area contributed by atoms with Gasteiger partial charge >= 0.3 is 0 Å². The van der Waals surface area contributed by atoms with E-state index in [1.807, 2.05) is 24.3 Å². The number of nitrogens with zero attached hydrogens (tertiary/aromatic N) is 3. The number of carbonyl (C=O) groups is 1. The van der Waals surface area contributed by atoms with Gasteiger partial charge in [0, 0.05) is 47.2 Å². The molecule has 1 fully saturated rings. The quantitative estimate of drug-likeness (QED) is 0.548. The van der Waals surface area contributed by atoms with E-state index >= 15 is 0 Å². The Morgan fingerprint density at radius 2 is 1.90 bits per heavy atom. The molecule has 1 aromatic carbocycles. The molecule has 2 aromatic heterocycles. The van der Waals surface area contributed by atoms with E-state index in [1.165, 1.54) is 21.7 Å². The first kappa shape index (κ1) is 21.0. The van der Waals surface area contributed by atoms with Gasteiger partial charge in [0.05, 0.1) is 5.02 Å². The number of piperazine rings is 1. The zero-order valence-electron chi connectivity index (χ0n) is 16.5. The minimum absolute atomic E-state index is 0.113. The number of thiophene rings is 1. The van der Waals surface area contributed by atoms with Gasteiger partial charge in [-0.2, -0.15) is 4.31 Å². The molecule has 0 N–H and O–H groups in total. The molecule has 0 radical (unpaired) electrons. The Kier molecular flexibility index (Phi) is 5.71. The van der Waals surface area contributed by atoms with Gasteiger partial charge in [-0.3, -0.25) is 4.79 Å². The van der Waals surface area contributed by atoms with Crippen molar-refractivity contribution >= 4 is 55.0 Å². The molecule has 0 atom stereocenters. The summed E-state index contributed by atoms with van der Waals surface area (Å²) in [6.45, 7) is 4.24. The van der Waals surface area contributed by atoms with Gasteiger partial charge in [0.1, 0.15) is 10.6 Å². The number of amides is 1. The second-order valence-electron chi connectivity index (χ2n) is 6.99. The van der Waals surface area contributed by atoms with E-state index in [4.69, 9.17) is 16.1 Å². The summed E-state index contributed by atoms with van der Waals surface area (Å²) in [5.41, 5.74) is 0.342. The van der Waals surface area contributed by atoms with Crippen molar-refractivity contribution in [1.29, 1.82) is 0 Å². The Bertz CT molecular complexity index is 1220. The fourth-order valence-corrected chi connectivity index (χ4v) is 6.63. The number of halogens is 1. The van der Waals surface area contributed by atoms with E-state index in [0.29, 0.717) is 23.8 Å².